The Labute approximate surface area is 97.7 Å². The van der Waals surface area contributed by atoms with Crippen molar-refractivity contribution in [1.82, 2.24) is 0 Å². The summed E-state index contributed by atoms with van der Waals surface area (Å²) in [6.45, 7) is 1.72. The summed E-state index contributed by atoms with van der Waals surface area (Å²) in [4.78, 5) is -0.410. The number of hydrogen-bond donors (Lipinski definition) is 3. The molecular formula is C11H10O5S. The Morgan fingerprint density at radius 3 is 2.18 bits per heavy atom. The highest BCUT2D eigenvalue weighted by atomic mass is 32.2. The molecule has 90 valence electrons. The van der Waals surface area contributed by atoms with Crippen LogP contribution in [0, 0.1) is 6.92 Å². The van der Waals surface area contributed by atoms with Gasteiger partial charge in [-0.05, 0) is 30.0 Å². The van der Waals surface area contributed by atoms with E-state index in [4.69, 9.17) is 4.55 Å². The van der Waals surface area contributed by atoms with Gasteiger partial charge in [-0.15, -0.1) is 0 Å². The molecule has 2 rings (SSSR count). The summed E-state index contributed by atoms with van der Waals surface area (Å²) in [5, 5.41) is 19.8. The molecule has 0 atom stereocenters. The van der Waals surface area contributed by atoms with E-state index in [2.05, 4.69) is 0 Å². The summed E-state index contributed by atoms with van der Waals surface area (Å²) in [6.07, 6.45) is 0. The number of phenols is 2. The summed E-state index contributed by atoms with van der Waals surface area (Å²) >= 11 is 0. The molecule has 2 aromatic rings. The minimum atomic E-state index is -4.38. The van der Waals surface area contributed by atoms with Crippen LogP contribution in [0.5, 0.6) is 11.5 Å². The zero-order valence-electron chi connectivity index (χ0n) is 8.88. The molecule has 2 aromatic carbocycles. The van der Waals surface area contributed by atoms with E-state index in [0.29, 0.717) is 10.9 Å². The van der Waals surface area contributed by atoms with E-state index in [9.17, 15) is 18.6 Å². The second-order valence-corrected chi connectivity index (χ2v) is 5.22. The summed E-state index contributed by atoms with van der Waals surface area (Å²) in [6, 6.07) is 5.14. The lowest BCUT2D eigenvalue weighted by molar-refractivity contribution is 0.459. The highest BCUT2D eigenvalue weighted by Crippen LogP contribution is 2.35. The van der Waals surface area contributed by atoms with Gasteiger partial charge in [0.05, 0.1) is 10.3 Å². The lowest BCUT2D eigenvalue weighted by Gasteiger charge is -2.07. The Hall–Kier alpha value is -1.79. The topological polar surface area (TPSA) is 94.8 Å². The summed E-state index contributed by atoms with van der Waals surface area (Å²) in [7, 11) is -4.38. The Kier molecular flexibility index (Phi) is 2.48. The van der Waals surface area contributed by atoms with Crippen LogP contribution in [-0.2, 0) is 10.1 Å². The van der Waals surface area contributed by atoms with Gasteiger partial charge >= 0.3 is 0 Å². The molecule has 3 N–H and O–H groups in total. The van der Waals surface area contributed by atoms with Crippen LogP contribution in [0.2, 0.25) is 0 Å². The lowest BCUT2D eigenvalue weighted by atomic mass is 10.1. The van der Waals surface area contributed by atoms with Crippen molar-refractivity contribution in [1.29, 1.82) is 0 Å². The van der Waals surface area contributed by atoms with Gasteiger partial charge in [-0.1, -0.05) is 6.07 Å². The quantitative estimate of drug-likeness (QED) is 0.674. The zero-order valence-corrected chi connectivity index (χ0v) is 9.69. The Morgan fingerprint density at radius 1 is 1.00 bits per heavy atom. The minimum absolute atomic E-state index is 0.139. The molecule has 0 saturated heterocycles. The molecule has 0 fully saturated rings. The van der Waals surface area contributed by atoms with Crippen molar-refractivity contribution < 1.29 is 23.2 Å². The third-order valence-corrected chi connectivity index (χ3v) is 3.25. The van der Waals surface area contributed by atoms with Crippen molar-refractivity contribution in [3.63, 3.8) is 0 Å². The number of rotatable bonds is 1. The van der Waals surface area contributed by atoms with E-state index < -0.39 is 20.8 Å². The van der Waals surface area contributed by atoms with E-state index in [1.165, 1.54) is 12.1 Å². The molecule has 0 radical (unpaired) electrons. The third-order valence-electron chi connectivity index (χ3n) is 2.42. The summed E-state index contributed by atoms with van der Waals surface area (Å²) in [5.74, 6) is -0.535. The van der Waals surface area contributed by atoms with Crippen molar-refractivity contribution in [3.05, 3.63) is 29.8 Å². The molecule has 0 saturated carbocycles. The second-order valence-electron chi connectivity index (χ2n) is 3.80. The van der Waals surface area contributed by atoms with Crippen LogP contribution in [-0.4, -0.2) is 23.2 Å². The molecule has 0 aromatic heterocycles. The standard InChI is InChI=1S/C11H10O5S/c1-6-2-7-4-8(17(14,15)16)5-10(13)11(7)9(12)3-6/h2-5,12-13H,1H3,(H,14,15,16). The highest BCUT2D eigenvalue weighted by molar-refractivity contribution is 7.85. The van der Waals surface area contributed by atoms with Crippen molar-refractivity contribution in [2.24, 2.45) is 0 Å². The third kappa shape index (κ3) is 2.04. The first-order valence-corrected chi connectivity index (χ1v) is 6.17. The fraction of sp³-hybridized carbons (Fsp3) is 0.0909. The zero-order chi connectivity index (χ0) is 12.8. The number of phenolic OH excluding ortho intramolecular Hbond substituents is 2. The largest absolute Gasteiger partial charge is 0.507 e. The SMILES string of the molecule is Cc1cc(O)c2c(O)cc(S(=O)(=O)O)cc2c1. The number of aryl methyl sites for hydroxylation is 1. The number of fused-ring (bicyclic) bond motifs is 1. The van der Waals surface area contributed by atoms with Crippen LogP contribution < -0.4 is 0 Å². The van der Waals surface area contributed by atoms with E-state index in [0.717, 1.165) is 6.07 Å². The minimum Gasteiger partial charge on any atom is -0.507 e. The van der Waals surface area contributed by atoms with Gasteiger partial charge in [0.25, 0.3) is 10.1 Å². The predicted octanol–water partition coefficient (Wildman–Crippen LogP) is 1.81. The predicted molar refractivity (Wildman–Crippen MR) is 61.8 cm³/mol. The summed E-state index contributed by atoms with van der Waals surface area (Å²) < 4.78 is 30.9. The Morgan fingerprint density at radius 2 is 1.59 bits per heavy atom. The monoisotopic (exact) mass is 254 g/mol. The van der Waals surface area contributed by atoms with Gasteiger partial charge < -0.3 is 10.2 Å². The van der Waals surface area contributed by atoms with Gasteiger partial charge in [0.2, 0.25) is 0 Å². The molecular weight excluding hydrogens is 244 g/mol. The van der Waals surface area contributed by atoms with Crippen LogP contribution >= 0.6 is 0 Å². The highest BCUT2D eigenvalue weighted by Gasteiger charge is 2.15. The van der Waals surface area contributed by atoms with Crippen molar-refractivity contribution in [2.75, 3.05) is 0 Å². The van der Waals surface area contributed by atoms with Crippen LogP contribution in [0.4, 0.5) is 0 Å². The molecule has 0 aliphatic heterocycles. The fourth-order valence-corrected chi connectivity index (χ4v) is 2.27. The van der Waals surface area contributed by atoms with Gasteiger partial charge in [-0.2, -0.15) is 8.42 Å². The summed E-state index contributed by atoms with van der Waals surface area (Å²) in [5.41, 5.74) is 0.710. The first-order valence-electron chi connectivity index (χ1n) is 4.73. The molecule has 0 aliphatic carbocycles. The number of hydrogen-bond acceptors (Lipinski definition) is 4. The molecule has 5 nitrogen and oxygen atoms in total. The van der Waals surface area contributed by atoms with Crippen molar-refractivity contribution >= 4 is 20.9 Å². The molecule has 0 aliphatic rings. The van der Waals surface area contributed by atoms with E-state index in [1.54, 1.807) is 13.0 Å². The van der Waals surface area contributed by atoms with Gasteiger partial charge in [-0.25, -0.2) is 0 Å². The van der Waals surface area contributed by atoms with E-state index >= 15 is 0 Å². The van der Waals surface area contributed by atoms with Gasteiger partial charge in [0.1, 0.15) is 11.5 Å². The Bertz CT molecular complexity index is 703. The average molecular weight is 254 g/mol. The molecule has 0 unspecified atom stereocenters. The maximum Gasteiger partial charge on any atom is 0.294 e. The molecule has 0 bridgehead atoms. The van der Waals surface area contributed by atoms with E-state index in [1.807, 2.05) is 0 Å². The van der Waals surface area contributed by atoms with Gasteiger partial charge in [-0.3, -0.25) is 4.55 Å². The fourth-order valence-electron chi connectivity index (χ4n) is 1.74. The molecule has 17 heavy (non-hydrogen) atoms. The smallest absolute Gasteiger partial charge is 0.294 e. The number of benzene rings is 2. The maximum absolute atomic E-state index is 11.0. The Balaban J connectivity index is 2.92. The molecule has 6 heteroatoms. The van der Waals surface area contributed by atoms with Crippen LogP contribution in [0.25, 0.3) is 10.8 Å². The van der Waals surface area contributed by atoms with Crippen LogP contribution in [0.15, 0.2) is 29.2 Å². The number of aromatic hydroxyl groups is 2. The van der Waals surface area contributed by atoms with Crippen LogP contribution in [0.3, 0.4) is 0 Å². The van der Waals surface area contributed by atoms with Crippen molar-refractivity contribution in [3.8, 4) is 11.5 Å². The first-order chi connectivity index (χ1) is 7.79. The lowest BCUT2D eigenvalue weighted by Crippen LogP contribution is -1.97. The molecule has 0 heterocycles. The normalized spacial score (nSPS) is 11.9. The first kappa shape index (κ1) is 11.7. The van der Waals surface area contributed by atoms with E-state index in [-0.39, 0.29) is 11.1 Å². The van der Waals surface area contributed by atoms with Gasteiger partial charge in [0, 0.05) is 6.07 Å². The average Bonchev–Trinajstić information content (AvgIpc) is 2.13. The molecule has 0 amide bonds. The van der Waals surface area contributed by atoms with Gasteiger partial charge in [0.15, 0.2) is 0 Å². The second kappa shape index (κ2) is 3.61. The van der Waals surface area contributed by atoms with Crippen LogP contribution in [0.1, 0.15) is 5.56 Å². The van der Waals surface area contributed by atoms with Crippen molar-refractivity contribution in [2.45, 2.75) is 11.8 Å². The maximum atomic E-state index is 11.0. The molecule has 0 spiro atoms.